The molecule has 0 unspecified atom stereocenters. The molecule has 0 amide bonds. The average Bonchev–Trinajstić information content (AvgIpc) is 3.83. The number of fused-ring (bicyclic) bond motifs is 2. The molecule has 2 aliphatic carbocycles. The summed E-state index contributed by atoms with van der Waals surface area (Å²) in [6, 6.07) is 16.2. The van der Waals surface area contributed by atoms with Gasteiger partial charge < -0.3 is 31.5 Å². The Kier molecular flexibility index (Phi) is 12.2. The molecule has 0 bridgehead atoms. The molecule has 3 aliphatic rings. The van der Waals surface area contributed by atoms with Crippen LogP contribution >= 0.6 is 0 Å². The third-order valence-electron chi connectivity index (χ3n) is 10.8. The van der Waals surface area contributed by atoms with E-state index in [1.54, 1.807) is 36.6 Å². The fraction of sp³-hybridized carbons (Fsp3) is 0.378. The molecule has 6 N–H and O–H groups in total. The number of rotatable bonds is 14. The van der Waals surface area contributed by atoms with Crippen molar-refractivity contribution in [2.24, 2.45) is 21.9 Å². The van der Waals surface area contributed by atoms with E-state index in [0.717, 1.165) is 23.1 Å². The Balaban J connectivity index is 1.15. The number of ketones is 1. The molecule has 8 nitrogen and oxygen atoms in total. The quantitative estimate of drug-likeness (QED) is 0.0777. The molecule has 0 saturated heterocycles. The summed E-state index contributed by atoms with van der Waals surface area (Å²) in [6.45, 7) is 2.47. The van der Waals surface area contributed by atoms with Crippen LogP contribution in [0.1, 0.15) is 117 Å². The van der Waals surface area contributed by atoms with Crippen molar-refractivity contribution in [2.45, 2.75) is 96.1 Å². The van der Waals surface area contributed by atoms with Crippen LogP contribution in [0.5, 0.6) is 17.2 Å². The van der Waals surface area contributed by atoms with Gasteiger partial charge in [0.25, 0.3) is 0 Å². The summed E-state index contributed by atoms with van der Waals surface area (Å²) in [7, 11) is 0. The molecular weight excluding hydrogens is 663 g/mol. The SMILES string of the molecule is CCCCC1(/C=C/C(=O)CCc2ccc(O)c(OCCc3ccc(O)c([C@H]4CC([O-])=C5C=CN=C5CC#Cc5cc(C(N)N)ccc54)c3)c2)CCCC1. The molecule has 6 rings (SSSR count). The van der Waals surface area contributed by atoms with Crippen LogP contribution in [0.15, 0.2) is 95.3 Å². The van der Waals surface area contributed by atoms with Crippen LogP contribution in [0, 0.1) is 17.3 Å². The molecule has 0 radical (unpaired) electrons. The third-order valence-corrected chi connectivity index (χ3v) is 10.8. The van der Waals surface area contributed by atoms with Crippen LogP contribution in [0.4, 0.5) is 0 Å². The normalized spacial score (nSPS) is 17.7. The summed E-state index contributed by atoms with van der Waals surface area (Å²) in [5, 5.41) is 35.5. The van der Waals surface area contributed by atoms with Crippen LogP contribution in [0.2, 0.25) is 0 Å². The van der Waals surface area contributed by atoms with E-state index in [0.29, 0.717) is 59.4 Å². The summed E-state index contributed by atoms with van der Waals surface area (Å²) < 4.78 is 6.06. The van der Waals surface area contributed by atoms with E-state index in [2.05, 4.69) is 29.8 Å². The first-order valence-corrected chi connectivity index (χ1v) is 18.9. The minimum Gasteiger partial charge on any atom is -0.875 e. The molecule has 1 saturated carbocycles. The zero-order chi connectivity index (χ0) is 37.4. The van der Waals surface area contributed by atoms with E-state index in [4.69, 9.17) is 16.2 Å². The standard InChI is InChI=1S/C45H51N3O5/c1-2-3-20-45(21-4-5-22-45)23-17-34(49)13-9-30-11-16-41(51)43(27-30)53-25-19-31-10-15-40(50)38(26-31)37-29-42(52)36-18-24-48-39(36)8-6-7-32-28-33(44(46)47)12-14-35(32)37/h10-12,14-18,23-24,26-28,37,44,50-52H,2-5,8-9,13,19-22,25,29,46-47H2,1H3/p-1/b23-17+,42-36?/t37-/m0/s1. The van der Waals surface area contributed by atoms with Crippen molar-refractivity contribution < 1.29 is 24.9 Å². The number of nitrogens with zero attached hydrogens (tertiary/aromatic N) is 1. The highest BCUT2D eigenvalue weighted by Gasteiger charge is 2.30. The van der Waals surface area contributed by atoms with Gasteiger partial charge in [-0.3, -0.25) is 9.79 Å². The van der Waals surface area contributed by atoms with Crippen molar-refractivity contribution in [1.82, 2.24) is 0 Å². The number of aliphatic imine (C=N–C) groups is 1. The van der Waals surface area contributed by atoms with Crippen molar-refractivity contribution in [1.29, 1.82) is 0 Å². The molecule has 1 heterocycles. The first kappa shape index (κ1) is 37.7. The number of hydrogen-bond donors (Lipinski definition) is 4. The predicted octanol–water partition coefficient (Wildman–Crippen LogP) is 7.30. The highest BCUT2D eigenvalue weighted by molar-refractivity contribution is 6.06. The van der Waals surface area contributed by atoms with Crippen molar-refractivity contribution in [3.8, 4) is 29.1 Å². The lowest BCUT2D eigenvalue weighted by atomic mass is 9.80. The van der Waals surface area contributed by atoms with Gasteiger partial charge in [0.1, 0.15) is 5.75 Å². The van der Waals surface area contributed by atoms with Crippen LogP contribution in [0.25, 0.3) is 0 Å². The number of benzene rings is 3. The van der Waals surface area contributed by atoms with Gasteiger partial charge in [-0.15, -0.1) is 5.76 Å². The smallest absolute Gasteiger partial charge is 0.161 e. The molecule has 1 atom stereocenters. The number of aryl methyl sites for hydroxylation is 1. The number of carbonyl (C=O) groups is 1. The fourth-order valence-electron chi connectivity index (χ4n) is 7.74. The van der Waals surface area contributed by atoms with Gasteiger partial charge in [-0.2, -0.15) is 0 Å². The molecule has 0 spiro atoms. The van der Waals surface area contributed by atoms with Gasteiger partial charge in [0.15, 0.2) is 17.3 Å². The summed E-state index contributed by atoms with van der Waals surface area (Å²) >= 11 is 0. The molecule has 8 heteroatoms. The summed E-state index contributed by atoms with van der Waals surface area (Å²) in [5.41, 5.74) is 18.0. The van der Waals surface area contributed by atoms with E-state index in [1.807, 2.05) is 36.4 Å². The molecule has 1 fully saturated rings. The van der Waals surface area contributed by atoms with E-state index in [9.17, 15) is 20.1 Å². The Morgan fingerprint density at radius 3 is 2.58 bits per heavy atom. The maximum Gasteiger partial charge on any atom is 0.161 e. The van der Waals surface area contributed by atoms with E-state index < -0.39 is 12.1 Å². The fourth-order valence-corrected chi connectivity index (χ4v) is 7.74. The van der Waals surface area contributed by atoms with Gasteiger partial charge in [0, 0.05) is 36.1 Å². The Bertz CT molecular complexity index is 2010. The van der Waals surface area contributed by atoms with Gasteiger partial charge in [-0.1, -0.05) is 80.9 Å². The minimum atomic E-state index is -0.688. The monoisotopic (exact) mass is 712 g/mol. The van der Waals surface area contributed by atoms with Crippen LogP contribution in [0.3, 0.4) is 0 Å². The lowest BCUT2D eigenvalue weighted by molar-refractivity contribution is -0.307. The first-order chi connectivity index (χ1) is 25.6. The third kappa shape index (κ3) is 9.29. The lowest BCUT2D eigenvalue weighted by Gasteiger charge is -2.27. The van der Waals surface area contributed by atoms with Crippen molar-refractivity contribution in [3.63, 3.8) is 0 Å². The summed E-state index contributed by atoms with van der Waals surface area (Å²) in [6.07, 6.45) is 16.8. The Morgan fingerprint density at radius 1 is 1.04 bits per heavy atom. The molecule has 276 valence electrons. The number of hydrogen-bond acceptors (Lipinski definition) is 8. The number of carbonyl (C=O) groups excluding carboxylic acids is 1. The number of ether oxygens (including phenoxy) is 1. The molecule has 1 aliphatic heterocycles. The molecule has 0 aromatic heterocycles. The van der Waals surface area contributed by atoms with E-state index >= 15 is 0 Å². The number of phenolic OH excluding ortho intramolecular Hbond substituents is 2. The van der Waals surface area contributed by atoms with Gasteiger partial charge in [0.2, 0.25) is 0 Å². The predicted molar refractivity (Wildman–Crippen MR) is 207 cm³/mol. The van der Waals surface area contributed by atoms with Crippen LogP contribution < -0.4 is 21.3 Å². The van der Waals surface area contributed by atoms with Gasteiger partial charge in [-0.05, 0) is 102 Å². The first-order valence-electron chi connectivity index (χ1n) is 18.9. The van der Waals surface area contributed by atoms with Crippen LogP contribution in [-0.4, -0.2) is 28.3 Å². The molecule has 53 heavy (non-hydrogen) atoms. The van der Waals surface area contributed by atoms with E-state index in [1.165, 1.54) is 38.5 Å². The van der Waals surface area contributed by atoms with Gasteiger partial charge in [-0.25, -0.2) is 0 Å². The molecular formula is C45H50N3O5-. The second-order valence-electron chi connectivity index (χ2n) is 14.6. The maximum absolute atomic E-state index is 13.7. The summed E-state index contributed by atoms with van der Waals surface area (Å²) in [5.74, 6) is 6.40. The minimum absolute atomic E-state index is 0.0288. The number of allylic oxidation sites excluding steroid dienone is 5. The zero-order valence-electron chi connectivity index (χ0n) is 30.6. The Labute approximate surface area is 313 Å². The van der Waals surface area contributed by atoms with Gasteiger partial charge in [0.05, 0.1) is 24.9 Å². The maximum atomic E-state index is 13.7. The highest BCUT2D eigenvalue weighted by atomic mass is 16.5. The second kappa shape index (κ2) is 17.2. The van der Waals surface area contributed by atoms with Crippen molar-refractivity contribution >= 4 is 11.5 Å². The zero-order valence-corrected chi connectivity index (χ0v) is 30.6. The number of nitrogens with two attached hydrogens (primary N) is 2. The van der Waals surface area contributed by atoms with Crippen molar-refractivity contribution in [3.05, 3.63) is 124 Å². The molecule has 3 aromatic rings. The highest BCUT2D eigenvalue weighted by Crippen LogP contribution is 2.44. The van der Waals surface area contributed by atoms with E-state index in [-0.39, 0.29) is 41.5 Å². The Morgan fingerprint density at radius 2 is 1.81 bits per heavy atom. The van der Waals surface area contributed by atoms with Crippen LogP contribution in [-0.2, 0) is 17.6 Å². The topological polar surface area (TPSA) is 154 Å². The van der Waals surface area contributed by atoms with Gasteiger partial charge >= 0.3 is 0 Å². The number of aromatic hydroxyl groups is 2. The summed E-state index contributed by atoms with van der Waals surface area (Å²) in [4.78, 5) is 17.2. The largest absolute Gasteiger partial charge is 0.875 e. The number of unbranched alkanes of at least 4 members (excludes halogenated alkanes) is 1. The number of phenols is 2. The van der Waals surface area contributed by atoms with Crippen molar-refractivity contribution in [2.75, 3.05) is 6.61 Å². The second-order valence-corrected chi connectivity index (χ2v) is 14.6. The average molecular weight is 713 g/mol. The Hall–Kier alpha value is -5.10. The lowest BCUT2D eigenvalue weighted by Crippen LogP contribution is -2.21. The molecule has 3 aromatic carbocycles.